The number of carbonyl (C=O) groups is 3. The van der Waals surface area contributed by atoms with Crippen LogP contribution in [-0.4, -0.2) is 96.7 Å². The minimum atomic E-state index is -1.88. The lowest BCUT2D eigenvalue weighted by molar-refractivity contribution is -0.272. The normalized spacial score (nSPS) is 20.9. The second-order valence-corrected chi connectivity index (χ2v) is 24.4. The van der Waals surface area contributed by atoms with E-state index in [4.69, 9.17) is 58.5 Å². The molecule has 15 heteroatoms. The summed E-state index contributed by atoms with van der Waals surface area (Å²) in [4.78, 5) is 39.4. The number of hydrogen-bond acceptors (Lipinski definition) is 10. The van der Waals surface area contributed by atoms with Gasteiger partial charge in [-0.15, -0.1) is 0 Å². The lowest BCUT2D eigenvalue weighted by atomic mass is 9.96. The number of amides is 1. The first kappa shape index (κ1) is 52.2. The van der Waals surface area contributed by atoms with Crippen molar-refractivity contribution in [2.45, 2.75) is 215 Å². The number of hydrogen-bond donors (Lipinski definition) is 3. The van der Waals surface area contributed by atoms with Gasteiger partial charge in [0.1, 0.15) is 31.0 Å². The SMILES string of the molecule is CCCCCCCCCCCC(=O)O[C@H](CCCCCCCCCCC)CC(=O)O[C@H]1[C@H](O)[C@@H](CO)OC(OCC[Si](C)(C)C)[C@@H]1NC(=O)OCC(Cl)(Cl)Cl. The fourth-order valence-corrected chi connectivity index (χ4v) is 7.30. The monoisotopic (exact) mass is 861 g/mol. The summed E-state index contributed by atoms with van der Waals surface area (Å²) in [6.07, 6.45) is 13.6. The zero-order chi connectivity index (χ0) is 41.1. The lowest BCUT2D eigenvalue weighted by Gasteiger charge is -2.43. The largest absolute Gasteiger partial charge is 0.462 e. The van der Waals surface area contributed by atoms with Gasteiger partial charge in [0.15, 0.2) is 12.4 Å². The molecule has 0 radical (unpaired) electrons. The van der Waals surface area contributed by atoms with E-state index in [1.54, 1.807) is 0 Å². The molecule has 1 saturated heterocycles. The Labute approximate surface area is 347 Å². The van der Waals surface area contributed by atoms with E-state index in [1.165, 1.54) is 64.2 Å². The molecule has 1 rings (SSSR count). The average molecular weight is 863 g/mol. The first-order valence-electron chi connectivity index (χ1n) is 21.0. The number of unbranched alkanes of at least 4 members (excludes halogenated alkanes) is 16. The maximum absolute atomic E-state index is 13.6. The number of nitrogens with one attached hydrogen (secondary N) is 1. The molecular formula is C40H74Cl3NO10Si. The van der Waals surface area contributed by atoms with Crippen molar-refractivity contribution < 1.29 is 48.3 Å². The van der Waals surface area contributed by atoms with Crippen molar-refractivity contribution in [3.05, 3.63) is 0 Å². The molecule has 0 bridgehead atoms. The van der Waals surface area contributed by atoms with Crippen LogP contribution in [0.3, 0.4) is 0 Å². The van der Waals surface area contributed by atoms with Crippen LogP contribution in [0, 0.1) is 0 Å². The van der Waals surface area contributed by atoms with Crippen LogP contribution in [0.1, 0.15) is 149 Å². The van der Waals surface area contributed by atoms with E-state index < -0.39 is 73.9 Å². The molecule has 6 atom stereocenters. The minimum Gasteiger partial charge on any atom is -0.462 e. The third-order valence-corrected chi connectivity index (χ3v) is 11.7. The second kappa shape index (κ2) is 30.2. The van der Waals surface area contributed by atoms with Crippen LogP contribution in [-0.2, 0) is 33.3 Å². The first-order chi connectivity index (χ1) is 26.1. The van der Waals surface area contributed by atoms with Crippen molar-refractivity contribution in [2.75, 3.05) is 19.8 Å². The number of rotatable bonds is 31. The van der Waals surface area contributed by atoms with E-state index in [9.17, 15) is 24.6 Å². The van der Waals surface area contributed by atoms with E-state index in [0.29, 0.717) is 6.42 Å². The fraction of sp³-hybridized carbons (Fsp3) is 0.925. The quantitative estimate of drug-likeness (QED) is 0.0202. The molecule has 3 N–H and O–H groups in total. The van der Waals surface area contributed by atoms with Crippen LogP contribution in [0.25, 0.3) is 0 Å². The first-order valence-corrected chi connectivity index (χ1v) is 25.9. The summed E-state index contributed by atoms with van der Waals surface area (Å²) in [5, 5.41) is 23.8. The van der Waals surface area contributed by atoms with E-state index in [-0.39, 0.29) is 25.4 Å². The summed E-state index contributed by atoms with van der Waals surface area (Å²) < 4.78 is 26.8. The number of alkyl carbamates (subject to hydrolysis) is 1. The molecule has 0 aromatic heterocycles. The van der Waals surface area contributed by atoms with Crippen molar-refractivity contribution in [3.63, 3.8) is 0 Å². The molecule has 0 aromatic carbocycles. The van der Waals surface area contributed by atoms with Gasteiger partial charge >= 0.3 is 18.0 Å². The van der Waals surface area contributed by atoms with E-state index >= 15 is 0 Å². The fourth-order valence-electron chi connectivity index (χ4n) is 6.41. The molecule has 0 saturated carbocycles. The molecule has 1 aliphatic heterocycles. The van der Waals surface area contributed by atoms with Gasteiger partial charge in [0.05, 0.1) is 13.0 Å². The van der Waals surface area contributed by atoms with Crippen LogP contribution in [0.15, 0.2) is 0 Å². The maximum atomic E-state index is 13.6. The molecular weight excluding hydrogens is 789 g/mol. The zero-order valence-electron chi connectivity index (χ0n) is 34.4. The van der Waals surface area contributed by atoms with Crippen molar-refractivity contribution in [1.82, 2.24) is 5.32 Å². The minimum absolute atomic E-state index is 0.250. The van der Waals surface area contributed by atoms with Crippen molar-refractivity contribution in [1.29, 1.82) is 0 Å². The molecule has 1 unspecified atom stereocenters. The van der Waals surface area contributed by atoms with Gasteiger partial charge in [0, 0.05) is 21.1 Å². The topological polar surface area (TPSA) is 150 Å². The van der Waals surface area contributed by atoms with Gasteiger partial charge in [0.25, 0.3) is 0 Å². The Morgan fingerprint density at radius 3 is 1.84 bits per heavy atom. The Morgan fingerprint density at radius 1 is 0.800 bits per heavy atom. The molecule has 0 aliphatic carbocycles. The highest BCUT2D eigenvalue weighted by Gasteiger charge is 2.49. The standard InChI is InChI=1S/C40H74Cl3NO10Si/c1-6-8-10-12-14-16-18-20-22-24-31(52-33(46)25-23-21-19-17-15-13-11-9-7-2)28-34(47)54-37-35(44-39(49)51-30-40(41,42)43)38(50-26-27-55(3,4)5)53-32(29-45)36(37)48/h31-32,35-38,45,48H,6-30H2,1-5H3,(H,44,49)/t31-,32-,35-,36-,37-,38?/m1/s1. The van der Waals surface area contributed by atoms with Crippen LogP contribution in [0.5, 0.6) is 0 Å². The summed E-state index contributed by atoms with van der Waals surface area (Å²) in [5.41, 5.74) is 0. The number of aliphatic hydroxyl groups excluding tert-OH is 2. The number of halogens is 3. The van der Waals surface area contributed by atoms with Crippen LogP contribution in [0.4, 0.5) is 4.79 Å². The molecule has 55 heavy (non-hydrogen) atoms. The predicted octanol–water partition coefficient (Wildman–Crippen LogP) is 9.94. The van der Waals surface area contributed by atoms with Crippen LogP contribution >= 0.6 is 34.8 Å². The molecule has 324 valence electrons. The number of ether oxygens (including phenoxy) is 5. The number of alkyl halides is 3. The van der Waals surface area contributed by atoms with Crippen LogP contribution in [0.2, 0.25) is 25.7 Å². The van der Waals surface area contributed by atoms with E-state index in [1.807, 2.05) is 0 Å². The second-order valence-electron chi connectivity index (χ2n) is 16.2. The highest BCUT2D eigenvalue weighted by Crippen LogP contribution is 2.28. The Morgan fingerprint density at radius 2 is 1.33 bits per heavy atom. The van der Waals surface area contributed by atoms with Crippen LogP contribution < -0.4 is 5.32 Å². The third-order valence-electron chi connectivity index (χ3n) is 9.71. The van der Waals surface area contributed by atoms with Gasteiger partial charge in [-0.1, -0.05) is 171 Å². The third kappa shape index (κ3) is 26.7. The molecule has 0 spiro atoms. The Bertz CT molecular complexity index is 1030. The molecule has 11 nitrogen and oxygen atoms in total. The van der Waals surface area contributed by atoms with Crippen molar-refractivity contribution in [2.24, 2.45) is 0 Å². The Balaban J connectivity index is 3.01. The molecule has 1 aliphatic rings. The number of carbonyl (C=O) groups excluding carboxylic acids is 3. The number of aliphatic hydroxyl groups is 2. The zero-order valence-corrected chi connectivity index (χ0v) is 37.7. The summed E-state index contributed by atoms with van der Waals surface area (Å²) in [6.45, 7) is 9.99. The van der Waals surface area contributed by atoms with E-state index in [2.05, 4.69) is 38.8 Å². The Hall–Kier alpha value is -0.863. The predicted molar refractivity (Wildman–Crippen MR) is 222 cm³/mol. The van der Waals surface area contributed by atoms with E-state index in [0.717, 1.165) is 57.4 Å². The van der Waals surface area contributed by atoms with Gasteiger partial charge in [0.2, 0.25) is 3.79 Å². The maximum Gasteiger partial charge on any atom is 0.407 e. The summed E-state index contributed by atoms with van der Waals surface area (Å²) in [6, 6.07) is -0.504. The molecule has 0 aromatic rings. The van der Waals surface area contributed by atoms with Crippen molar-refractivity contribution in [3.8, 4) is 0 Å². The summed E-state index contributed by atoms with van der Waals surface area (Å²) in [5.74, 6) is -1.10. The number of esters is 2. The highest BCUT2D eigenvalue weighted by atomic mass is 35.6. The van der Waals surface area contributed by atoms with Gasteiger partial charge in [-0.3, -0.25) is 9.59 Å². The van der Waals surface area contributed by atoms with Gasteiger partial charge in [-0.05, 0) is 25.3 Å². The van der Waals surface area contributed by atoms with Crippen molar-refractivity contribution >= 4 is 60.9 Å². The highest BCUT2D eigenvalue weighted by molar-refractivity contribution is 6.76. The summed E-state index contributed by atoms with van der Waals surface area (Å²) >= 11 is 17.3. The van der Waals surface area contributed by atoms with Gasteiger partial charge in [-0.25, -0.2) is 4.79 Å². The molecule has 1 fully saturated rings. The molecule has 1 heterocycles. The summed E-state index contributed by atoms with van der Waals surface area (Å²) in [7, 11) is -1.55. The smallest absolute Gasteiger partial charge is 0.407 e. The average Bonchev–Trinajstić information content (AvgIpc) is 3.10. The van der Waals surface area contributed by atoms with Gasteiger partial charge < -0.3 is 39.2 Å². The Kier molecular flexibility index (Phi) is 28.7. The molecule has 1 amide bonds. The van der Waals surface area contributed by atoms with Gasteiger partial charge in [-0.2, -0.15) is 0 Å². The lowest BCUT2D eigenvalue weighted by Crippen LogP contribution is -2.66.